The Labute approximate surface area is 602 Å². The van der Waals surface area contributed by atoms with Gasteiger partial charge in [-0.05, 0) is 94.8 Å². The molecule has 0 saturated carbocycles. The van der Waals surface area contributed by atoms with E-state index in [0.29, 0.717) is 49.7 Å². The number of hydrogen-bond donors (Lipinski definition) is 4. The van der Waals surface area contributed by atoms with Crippen molar-refractivity contribution in [1.29, 1.82) is 0 Å². The Bertz CT molecular complexity index is 4070. The summed E-state index contributed by atoms with van der Waals surface area (Å²) in [4.78, 5) is 77.2. The number of ketones is 2. The van der Waals surface area contributed by atoms with Gasteiger partial charge in [-0.15, -0.1) is 0 Å². The van der Waals surface area contributed by atoms with Crippen LogP contribution in [0.1, 0.15) is 85.9 Å². The molecule has 4 saturated heterocycles. The predicted molar refractivity (Wildman–Crippen MR) is 377 cm³/mol. The number of aryl methyl sites for hydroxylation is 2. The van der Waals surface area contributed by atoms with Gasteiger partial charge in [-0.3, -0.25) is 19.2 Å². The molecular weight excluding hydrogens is 1390 g/mol. The molecule has 2 amide bonds. The average Bonchev–Trinajstić information content (AvgIpc) is 1.67. The maximum absolute atomic E-state index is 13.8. The Hall–Kier alpha value is -7.56. The fourth-order valence-electron chi connectivity index (χ4n) is 11.9. The number of nitrogens with one attached hydrogen (secondary N) is 2. The summed E-state index contributed by atoms with van der Waals surface area (Å²) in [5.41, 5.74) is 7.42. The Kier molecular flexibility index (Phi) is 26.3. The molecule has 0 spiro atoms. The van der Waals surface area contributed by atoms with E-state index in [-0.39, 0.29) is 121 Å². The van der Waals surface area contributed by atoms with E-state index in [9.17, 15) is 39.0 Å². The molecule has 12 rings (SSSR count). The number of amides is 2. The molecule has 4 fully saturated rings. The molecular formula is C76H70Cl6N2O15. The molecule has 4 aliphatic heterocycles. The lowest BCUT2D eigenvalue weighted by Crippen LogP contribution is -2.46. The number of carboxylic acid groups (broad SMARTS) is 1. The van der Waals surface area contributed by atoms with Crippen LogP contribution in [0.4, 0.5) is 0 Å². The van der Waals surface area contributed by atoms with Crippen LogP contribution in [0.25, 0.3) is 0 Å². The molecule has 17 nitrogen and oxygen atoms in total. The van der Waals surface area contributed by atoms with Gasteiger partial charge in [0.15, 0.2) is 17.7 Å². The monoisotopic (exact) mass is 1460 g/mol. The number of carboxylic acids is 1. The molecule has 8 aromatic rings. The topological polar surface area (TPSA) is 232 Å². The number of esters is 1. The highest BCUT2D eigenvalue weighted by Gasteiger charge is 2.51. The van der Waals surface area contributed by atoms with Crippen LogP contribution < -0.4 is 10.6 Å². The summed E-state index contributed by atoms with van der Waals surface area (Å²) in [6, 6.07) is 51.7. The van der Waals surface area contributed by atoms with Crippen LogP contribution in [0.5, 0.6) is 0 Å². The number of fused-ring (bicyclic) bond motifs is 2. The molecule has 3 unspecified atom stereocenters. The fraction of sp³-hybridized carbons (Fsp3) is 0.289. The first-order valence-electron chi connectivity index (χ1n) is 31.8. The van der Waals surface area contributed by atoms with Gasteiger partial charge in [-0.25, -0.2) is 9.59 Å². The van der Waals surface area contributed by atoms with E-state index < -0.39 is 60.3 Å². The molecule has 0 aliphatic carbocycles. The number of ether oxygens (including phenoxy) is 7. The van der Waals surface area contributed by atoms with Gasteiger partial charge in [0.05, 0.1) is 92.0 Å². The largest absolute Gasteiger partial charge is 0.480 e. The zero-order valence-electron chi connectivity index (χ0n) is 53.6. The molecule has 0 aromatic heterocycles. The second kappa shape index (κ2) is 35.2. The third kappa shape index (κ3) is 19.5. The van der Waals surface area contributed by atoms with Gasteiger partial charge in [0.25, 0.3) is 11.8 Å². The van der Waals surface area contributed by atoms with Gasteiger partial charge >= 0.3 is 11.9 Å². The van der Waals surface area contributed by atoms with E-state index in [4.69, 9.17) is 103 Å². The van der Waals surface area contributed by atoms with Crippen molar-refractivity contribution in [2.45, 2.75) is 114 Å². The number of halogens is 6. The maximum Gasteiger partial charge on any atom is 0.329 e. The number of benzene rings is 8. The summed E-state index contributed by atoms with van der Waals surface area (Å²) < 4.78 is 40.8. The summed E-state index contributed by atoms with van der Waals surface area (Å²) >= 11 is 37.2. The molecule has 10 atom stereocenters. The second-order valence-corrected chi connectivity index (χ2v) is 26.5. The van der Waals surface area contributed by atoms with E-state index in [1.165, 1.54) is 0 Å². The molecule has 23 heteroatoms. The van der Waals surface area contributed by atoms with Crippen LogP contribution in [0.15, 0.2) is 182 Å². The molecule has 4 N–H and O–H groups in total. The standard InChI is InChI=1S/C38H34Cl3NO7.C25H20Cl3NO4.C13H16O4/c1-22-7-5-10-26(39)33(22)37(44)42-29(17-23-13-15-24(16-14-23)18-30(43)34-27(40)11-6-12-28(34)41)38(45)49-32-21-48-35-31(20-47-36(32)35)46-19-25-8-3-2-4-9-25;1-14-4-2-5-17(26)22(14)24(31)29-20(25(32)33)12-15-8-10-16(11-9-15)13-21(30)23-18(27)6-3-7-19(23)28;14-10-7-16-13-11(8-17-12(10)13)15-6-9-4-2-1-3-5-9/h2-16,29,31-32,35-36H,17-21H2,1H3,(H,42,44);2-11,20H,12-13H2,1H3,(H,29,31)(H,32,33);1-5,10-14H,6-8H2/t29?,31?,32-,35+,36+;;10-,11+,12-,13-/m0.1/s1. The molecule has 516 valence electrons. The van der Waals surface area contributed by atoms with Gasteiger partial charge in [-0.2, -0.15) is 0 Å². The number of hydrogen-bond acceptors (Lipinski definition) is 14. The van der Waals surface area contributed by atoms with Gasteiger partial charge in [0.2, 0.25) is 0 Å². The zero-order chi connectivity index (χ0) is 70.3. The van der Waals surface area contributed by atoms with E-state index in [2.05, 4.69) is 10.6 Å². The van der Waals surface area contributed by atoms with Crippen LogP contribution in [-0.4, -0.2) is 133 Å². The molecule has 0 bridgehead atoms. The van der Waals surface area contributed by atoms with Gasteiger partial charge in [0.1, 0.15) is 54.8 Å². The minimum absolute atomic E-state index is 0.0646. The second-order valence-electron chi connectivity index (χ2n) is 24.1. The number of Topliss-reactive ketones (excluding diaryl/α,β-unsaturated/α-hetero) is 2. The van der Waals surface area contributed by atoms with Crippen LogP contribution >= 0.6 is 69.6 Å². The third-order valence-corrected chi connectivity index (χ3v) is 18.9. The highest BCUT2D eigenvalue weighted by Crippen LogP contribution is 2.34. The number of carbonyl (C=O) groups excluding carboxylic acids is 5. The van der Waals surface area contributed by atoms with Crippen molar-refractivity contribution in [3.63, 3.8) is 0 Å². The summed E-state index contributed by atoms with van der Waals surface area (Å²) in [6.45, 7) is 5.74. The molecule has 8 aromatic carbocycles. The van der Waals surface area contributed by atoms with Gasteiger partial charge < -0.3 is 54.0 Å². The fourth-order valence-corrected chi connectivity index (χ4v) is 13.7. The third-order valence-electron chi connectivity index (χ3n) is 17.1. The highest BCUT2D eigenvalue weighted by molar-refractivity contribution is 6.40. The SMILES string of the molecule is Cc1cccc(Cl)c1C(=O)NC(Cc1ccc(CC(=O)c2c(Cl)cccc2Cl)cc1)C(=O)O.Cc1cccc(Cl)c1C(=O)NC(Cc1ccc(CC(=O)c2c(Cl)cccc2Cl)cc1)C(=O)O[C@H]1CO[C@@H]2C(OCc3ccccc3)CO[C@H]12.O[C@@H]1CO[C@H]2[C@@H]1OC[C@@H]2OCc1ccccc1. The smallest absolute Gasteiger partial charge is 0.329 e. The highest BCUT2D eigenvalue weighted by atomic mass is 35.5. The minimum atomic E-state index is -1.17. The first-order valence-corrected chi connectivity index (χ1v) is 34.1. The Morgan fingerprint density at radius 3 is 1.18 bits per heavy atom. The number of carbonyl (C=O) groups is 6. The van der Waals surface area contributed by atoms with Crippen LogP contribution in [0.3, 0.4) is 0 Å². The van der Waals surface area contributed by atoms with Gasteiger partial charge in [-0.1, -0.05) is 215 Å². The lowest BCUT2D eigenvalue weighted by atomic mass is 9.99. The van der Waals surface area contributed by atoms with Crippen LogP contribution in [0.2, 0.25) is 30.1 Å². The van der Waals surface area contributed by atoms with E-state index in [1.54, 1.807) is 135 Å². The van der Waals surface area contributed by atoms with Crippen molar-refractivity contribution < 1.29 is 72.1 Å². The Morgan fingerprint density at radius 2 is 0.758 bits per heavy atom. The summed E-state index contributed by atoms with van der Waals surface area (Å²) in [7, 11) is 0. The van der Waals surface area contributed by atoms with E-state index in [1.807, 2.05) is 60.7 Å². The summed E-state index contributed by atoms with van der Waals surface area (Å²) in [5, 5.41) is 26.3. The summed E-state index contributed by atoms with van der Waals surface area (Å²) in [6.07, 6.45) is -2.45. The van der Waals surface area contributed by atoms with Crippen molar-refractivity contribution in [1.82, 2.24) is 10.6 Å². The van der Waals surface area contributed by atoms with Crippen molar-refractivity contribution in [3.8, 4) is 0 Å². The number of aliphatic carboxylic acids is 1. The van der Waals surface area contributed by atoms with Crippen molar-refractivity contribution in [2.75, 3.05) is 26.4 Å². The predicted octanol–water partition coefficient (Wildman–Crippen LogP) is 13.6. The number of rotatable bonds is 23. The first kappa shape index (κ1) is 74.1. The van der Waals surface area contributed by atoms with Crippen LogP contribution in [-0.2, 0) is 81.6 Å². The minimum Gasteiger partial charge on any atom is -0.480 e. The Morgan fingerprint density at radius 1 is 0.414 bits per heavy atom. The number of aliphatic hydroxyl groups is 1. The average molecular weight is 1460 g/mol. The summed E-state index contributed by atoms with van der Waals surface area (Å²) in [5.74, 6) is -3.30. The quantitative estimate of drug-likeness (QED) is 0.0345. The molecule has 0 radical (unpaired) electrons. The zero-order valence-corrected chi connectivity index (χ0v) is 58.2. The lowest BCUT2D eigenvalue weighted by Gasteiger charge is -2.23. The number of aliphatic hydroxyl groups excluding tert-OH is 1. The van der Waals surface area contributed by atoms with E-state index in [0.717, 1.165) is 27.8 Å². The Balaban J connectivity index is 0.000000181. The van der Waals surface area contributed by atoms with Crippen molar-refractivity contribution in [3.05, 3.63) is 279 Å². The molecule has 4 heterocycles. The van der Waals surface area contributed by atoms with Gasteiger partial charge in [0, 0.05) is 25.7 Å². The maximum atomic E-state index is 13.8. The van der Waals surface area contributed by atoms with Crippen molar-refractivity contribution in [2.24, 2.45) is 0 Å². The lowest BCUT2D eigenvalue weighted by molar-refractivity contribution is -0.156. The molecule has 99 heavy (non-hydrogen) atoms. The first-order chi connectivity index (χ1) is 47.7. The normalized spacial score (nSPS) is 20.2. The van der Waals surface area contributed by atoms with Crippen LogP contribution in [0, 0.1) is 13.8 Å². The van der Waals surface area contributed by atoms with E-state index >= 15 is 0 Å². The van der Waals surface area contributed by atoms with Crippen molar-refractivity contribution >= 4 is 105 Å². The molecule has 4 aliphatic rings.